The van der Waals surface area contributed by atoms with E-state index in [0.29, 0.717) is 25.3 Å². The van der Waals surface area contributed by atoms with Crippen molar-refractivity contribution in [3.05, 3.63) is 54.2 Å². The van der Waals surface area contributed by atoms with E-state index in [0.717, 1.165) is 12.8 Å². The number of pyridine rings is 2. The normalized spacial score (nSPS) is 25.5. The second-order valence-electron chi connectivity index (χ2n) is 6.59. The first kappa shape index (κ1) is 16.0. The second-order valence-corrected chi connectivity index (χ2v) is 6.59. The number of carbonyl (C=O) groups is 1. The highest BCUT2D eigenvalue weighted by molar-refractivity contribution is 5.94. The van der Waals surface area contributed by atoms with Crippen LogP contribution in [0.25, 0.3) is 0 Å². The molecule has 2 aromatic heterocycles. The predicted molar refractivity (Wildman–Crippen MR) is 89.7 cm³/mol. The minimum absolute atomic E-state index is 0.0159. The third-order valence-electron chi connectivity index (χ3n) is 4.82. The highest BCUT2D eigenvalue weighted by Crippen LogP contribution is 2.36. The molecule has 4 rings (SSSR count). The number of carbonyl (C=O) groups excluding carboxylic acids is 1. The van der Waals surface area contributed by atoms with Gasteiger partial charge in [0.15, 0.2) is 11.6 Å². The summed E-state index contributed by atoms with van der Waals surface area (Å²) in [6, 6.07) is 6.45. The number of ether oxygens (including phenoxy) is 1. The molecule has 25 heavy (non-hydrogen) atoms. The third-order valence-corrected chi connectivity index (χ3v) is 4.82. The summed E-state index contributed by atoms with van der Waals surface area (Å²) in [6.07, 6.45) is 6.29. The van der Waals surface area contributed by atoms with Crippen LogP contribution in [0.4, 0.5) is 10.2 Å². The molecule has 0 radical (unpaired) electrons. The van der Waals surface area contributed by atoms with Crippen molar-refractivity contribution in [3.63, 3.8) is 0 Å². The van der Waals surface area contributed by atoms with E-state index in [4.69, 9.17) is 4.74 Å². The van der Waals surface area contributed by atoms with Gasteiger partial charge >= 0.3 is 0 Å². The van der Waals surface area contributed by atoms with Gasteiger partial charge < -0.3 is 15.0 Å². The maximum atomic E-state index is 13.7. The topological polar surface area (TPSA) is 67.4 Å². The van der Waals surface area contributed by atoms with Crippen LogP contribution < -0.4 is 5.32 Å². The molecule has 1 N–H and O–H groups in total. The Hall–Kier alpha value is -2.54. The molecule has 0 saturated carbocycles. The number of hydrogen-bond donors (Lipinski definition) is 1. The van der Waals surface area contributed by atoms with Crippen LogP contribution in [0.5, 0.6) is 0 Å². The van der Waals surface area contributed by atoms with Gasteiger partial charge in [-0.1, -0.05) is 0 Å². The van der Waals surface area contributed by atoms with E-state index in [9.17, 15) is 9.18 Å². The standard InChI is InChI=1S/C18H19FN4O2/c19-15-4-2-7-21-16(15)22-14-9-18(25-11-14)5-8-23(12-18)17(24)13-3-1-6-20-10-13/h1-4,6-7,10,14H,5,8-9,11-12H2,(H,21,22)/t14-,18-/m1/s1. The number of nitrogens with one attached hydrogen (secondary N) is 1. The molecule has 0 aromatic carbocycles. The lowest BCUT2D eigenvalue weighted by Gasteiger charge is -2.23. The van der Waals surface area contributed by atoms with Crippen molar-refractivity contribution in [1.29, 1.82) is 0 Å². The van der Waals surface area contributed by atoms with Crippen LogP contribution in [0, 0.1) is 5.82 Å². The molecule has 0 bridgehead atoms. The largest absolute Gasteiger partial charge is 0.371 e. The molecule has 2 aromatic rings. The van der Waals surface area contributed by atoms with Crippen molar-refractivity contribution < 1.29 is 13.9 Å². The number of amides is 1. The van der Waals surface area contributed by atoms with Crippen molar-refractivity contribution in [3.8, 4) is 0 Å². The lowest BCUT2D eigenvalue weighted by Crippen LogP contribution is -2.36. The molecule has 0 unspecified atom stereocenters. The second kappa shape index (κ2) is 6.40. The van der Waals surface area contributed by atoms with E-state index in [1.54, 1.807) is 41.7 Å². The SMILES string of the molecule is O=C(c1cccnc1)N1CC[C@@]2(C[C@@H](Nc3ncccc3F)CO2)C1. The van der Waals surface area contributed by atoms with Gasteiger partial charge in [0.25, 0.3) is 5.91 Å². The summed E-state index contributed by atoms with van der Waals surface area (Å²) in [5.41, 5.74) is 0.226. The Morgan fingerprint density at radius 3 is 3.04 bits per heavy atom. The molecule has 2 saturated heterocycles. The summed E-state index contributed by atoms with van der Waals surface area (Å²) >= 11 is 0. The summed E-state index contributed by atoms with van der Waals surface area (Å²) in [4.78, 5) is 22.4. The van der Waals surface area contributed by atoms with Crippen LogP contribution in [0.2, 0.25) is 0 Å². The fraction of sp³-hybridized carbons (Fsp3) is 0.389. The van der Waals surface area contributed by atoms with Gasteiger partial charge in [0.1, 0.15) is 0 Å². The quantitative estimate of drug-likeness (QED) is 0.925. The average molecular weight is 342 g/mol. The Morgan fingerprint density at radius 1 is 1.36 bits per heavy atom. The summed E-state index contributed by atoms with van der Waals surface area (Å²) in [5.74, 6) is -0.154. The zero-order chi connectivity index (χ0) is 17.3. The Morgan fingerprint density at radius 2 is 2.24 bits per heavy atom. The lowest BCUT2D eigenvalue weighted by molar-refractivity contribution is 0.0125. The van der Waals surface area contributed by atoms with E-state index < -0.39 is 0 Å². The van der Waals surface area contributed by atoms with Crippen LogP contribution >= 0.6 is 0 Å². The number of rotatable bonds is 3. The molecule has 6 nitrogen and oxygen atoms in total. The zero-order valence-corrected chi connectivity index (χ0v) is 13.7. The molecular weight excluding hydrogens is 323 g/mol. The van der Waals surface area contributed by atoms with Crippen LogP contribution in [-0.2, 0) is 4.74 Å². The number of aromatic nitrogens is 2. The minimum atomic E-state index is -0.372. The van der Waals surface area contributed by atoms with Gasteiger partial charge in [0.2, 0.25) is 0 Å². The van der Waals surface area contributed by atoms with Crippen molar-refractivity contribution in [2.75, 3.05) is 25.0 Å². The van der Waals surface area contributed by atoms with Crippen LogP contribution in [-0.4, -0.2) is 52.1 Å². The Balaban J connectivity index is 1.40. The number of nitrogens with zero attached hydrogens (tertiary/aromatic N) is 3. The molecule has 2 aliphatic rings. The summed E-state index contributed by atoms with van der Waals surface area (Å²) in [7, 11) is 0. The smallest absolute Gasteiger partial charge is 0.255 e. The fourth-order valence-corrected chi connectivity index (χ4v) is 3.60. The summed E-state index contributed by atoms with van der Waals surface area (Å²) < 4.78 is 19.8. The molecule has 2 fully saturated rings. The van der Waals surface area contributed by atoms with Crippen LogP contribution in [0.1, 0.15) is 23.2 Å². The fourth-order valence-electron chi connectivity index (χ4n) is 3.60. The number of halogens is 1. The maximum Gasteiger partial charge on any atom is 0.255 e. The van der Waals surface area contributed by atoms with Gasteiger partial charge in [-0.25, -0.2) is 9.37 Å². The molecule has 1 amide bonds. The van der Waals surface area contributed by atoms with Crippen LogP contribution in [0.15, 0.2) is 42.9 Å². The molecule has 2 atom stereocenters. The Kier molecular flexibility index (Phi) is 4.09. The Bertz CT molecular complexity index is 773. The van der Waals surface area contributed by atoms with Gasteiger partial charge in [-0.05, 0) is 30.7 Å². The minimum Gasteiger partial charge on any atom is -0.371 e. The number of anilines is 1. The highest BCUT2D eigenvalue weighted by Gasteiger charge is 2.47. The van der Waals surface area contributed by atoms with Crippen LogP contribution in [0.3, 0.4) is 0 Å². The van der Waals surface area contributed by atoms with E-state index in [1.807, 2.05) is 0 Å². The summed E-state index contributed by atoms with van der Waals surface area (Å²) in [6.45, 7) is 1.67. The number of hydrogen-bond acceptors (Lipinski definition) is 5. The molecule has 130 valence electrons. The van der Waals surface area contributed by atoms with Gasteiger partial charge in [0.05, 0.1) is 30.4 Å². The van der Waals surface area contributed by atoms with E-state index in [1.165, 1.54) is 6.07 Å². The van der Waals surface area contributed by atoms with Crippen molar-refractivity contribution in [2.24, 2.45) is 0 Å². The van der Waals surface area contributed by atoms with Crippen molar-refractivity contribution >= 4 is 11.7 Å². The lowest BCUT2D eigenvalue weighted by atomic mass is 9.97. The Labute approximate surface area is 145 Å². The predicted octanol–water partition coefficient (Wildman–Crippen LogP) is 2.10. The van der Waals surface area contributed by atoms with E-state index >= 15 is 0 Å². The number of likely N-dealkylation sites (tertiary alicyclic amines) is 1. The van der Waals surface area contributed by atoms with Crippen molar-refractivity contribution in [1.82, 2.24) is 14.9 Å². The van der Waals surface area contributed by atoms with Crippen molar-refractivity contribution in [2.45, 2.75) is 24.5 Å². The van der Waals surface area contributed by atoms with Gasteiger partial charge in [0, 0.05) is 31.6 Å². The third kappa shape index (κ3) is 3.19. The van der Waals surface area contributed by atoms with E-state index in [2.05, 4.69) is 15.3 Å². The summed E-state index contributed by atoms with van der Waals surface area (Å²) in [5, 5.41) is 3.11. The molecule has 7 heteroatoms. The highest BCUT2D eigenvalue weighted by atomic mass is 19.1. The first-order valence-electron chi connectivity index (χ1n) is 8.36. The molecule has 4 heterocycles. The maximum absolute atomic E-state index is 13.7. The molecule has 0 aliphatic carbocycles. The molecule has 1 spiro atoms. The average Bonchev–Trinajstić information content (AvgIpc) is 3.24. The van der Waals surface area contributed by atoms with Gasteiger partial charge in [-0.3, -0.25) is 9.78 Å². The molecular formula is C18H19FN4O2. The first-order valence-corrected chi connectivity index (χ1v) is 8.36. The zero-order valence-electron chi connectivity index (χ0n) is 13.7. The monoisotopic (exact) mass is 342 g/mol. The first-order chi connectivity index (χ1) is 12.2. The van der Waals surface area contributed by atoms with Gasteiger partial charge in [-0.15, -0.1) is 0 Å². The van der Waals surface area contributed by atoms with E-state index in [-0.39, 0.29) is 29.2 Å². The van der Waals surface area contributed by atoms with Gasteiger partial charge in [-0.2, -0.15) is 0 Å². The molecule has 2 aliphatic heterocycles.